The van der Waals surface area contributed by atoms with Gasteiger partial charge in [0.25, 0.3) is 16.8 Å². The largest absolute Gasteiger partial charge is 0.410 e. The van der Waals surface area contributed by atoms with E-state index in [9.17, 15) is 10.1 Å². The Morgan fingerprint density at radius 2 is 2.20 bits per heavy atom. The van der Waals surface area contributed by atoms with Crippen molar-refractivity contribution >= 4 is 28.8 Å². The number of hydrogen-bond donors (Lipinski definition) is 0. The minimum Gasteiger partial charge on any atom is -0.410 e. The molecule has 6 nitrogen and oxygen atoms in total. The van der Waals surface area contributed by atoms with E-state index >= 15 is 0 Å². The average molecular weight is 373 g/mol. The second-order valence-corrected chi connectivity index (χ2v) is 8.24. The van der Waals surface area contributed by atoms with E-state index in [1.807, 2.05) is 0 Å². The van der Waals surface area contributed by atoms with Gasteiger partial charge in [-0.15, -0.1) is 21.5 Å². The molecule has 1 aromatic carbocycles. The summed E-state index contributed by atoms with van der Waals surface area (Å²) in [6, 6.07) is 8.67. The fourth-order valence-corrected chi connectivity index (χ4v) is 4.86. The van der Waals surface area contributed by atoms with E-state index in [-0.39, 0.29) is 5.69 Å². The first-order valence-electron chi connectivity index (χ1n) is 7.97. The average Bonchev–Trinajstić information content (AvgIpc) is 3.21. The molecule has 0 fully saturated rings. The van der Waals surface area contributed by atoms with Gasteiger partial charge in [-0.1, -0.05) is 19.1 Å². The number of hydrogen-bond acceptors (Lipinski definition) is 7. The van der Waals surface area contributed by atoms with Crippen molar-refractivity contribution in [2.24, 2.45) is 5.92 Å². The van der Waals surface area contributed by atoms with Gasteiger partial charge in [0, 0.05) is 10.9 Å². The molecule has 1 aliphatic rings. The summed E-state index contributed by atoms with van der Waals surface area (Å²) in [5, 5.41) is 19.6. The molecule has 3 aromatic rings. The Morgan fingerprint density at radius 1 is 1.36 bits per heavy atom. The van der Waals surface area contributed by atoms with E-state index in [0.717, 1.165) is 29.5 Å². The zero-order valence-electron chi connectivity index (χ0n) is 13.5. The van der Waals surface area contributed by atoms with Crippen LogP contribution in [0.2, 0.25) is 0 Å². The topological polar surface area (TPSA) is 82.1 Å². The summed E-state index contributed by atoms with van der Waals surface area (Å²) in [4.78, 5) is 13.6. The van der Waals surface area contributed by atoms with Crippen molar-refractivity contribution in [3.05, 3.63) is 50.9 Å². The van der Waals surface area contributed by atoms with Crippen LogP contribution in [0.4, 0.5) is 5.69 Å². The molecule has 0 aliphatic heterocycles. The monoisotopic (exact) mass is 373 g/mol. The van der Waals surface area contributed by atoms with Crippen molar-refractivity contribution < 1.29 is 9.34 Å². The van der Waals surface area contributed by atoms with Crippen LogP contribution in [0.25, 0.3) is 10.8 Å². The third kappa shape index (κ3) is 3.32. The Morgan fingerprint density at radius 3 is 3.04 bits per heavy atom. The van der Waals surface area contributed by atoms with E-state index in [1.165, 1.54) is 22.9 Å². The van der Waals surface area contributed by atoms with E-state index in [0.29, 0.717) is 21.9 Å². The molecule has 0 spiro atoms. The summed E-state index contributed by atoms with van der Waals surface area (Å²) < 4.78 is 5.74. The normalized spacial score (nSPS) is 16.6. The number of aryl methyl sites for hydroxylation is 1. The standard InChI is InChI=1S/C17H15N3O3S2/c1-10-6-7-13-11(8-10)9-15(24-13)16-18-19-17(23-16)25-14-5-3-2-4-12(14)20(21)22/h2-5,9-10H,6-8H2,1H3/t10-/m0/s1. The van der Waals surface area contributed by atoms with Crippen LogP contribution in [0.1, 0.15) is 23.8 Å². The van der Waals surface area contributed by atoms with E-state index in [2.05, 4.69) is 23.2 Å². The van der Waals surface area contributed by atoms with Crippen LogP contribution >= 0.6 is 23.1 Å². The number of fused-ring (bicyclic) bond motifs is 1. The fourth-order valence-electron chi connectivity index (χ4n) is 2.95. The van der Waals surface area contributed by atoms with Crippen molar-refractivity contribution in [2.45, 2.75) is 36.3 Å². The van der Waals surface area contributed by atoms with Gasteiger partial charge in [0.2, 0.25) is 0 Å². The van der Waals surface area contributed by atoms with Gasteiger partial charge in [0.05, 0.1) is 14.7 Å². The van der Waals surface area contributed by atoms with E-state index < -0.39 is 4.92 Å². The summed E-state index contributed by atoms with van der Waals surface area (Å²) in [6.45, 7) is 2.27. The van der Waals surface area contributed by atoms with E-state index in [1.54, 1.807) is 29.5 Å². The molecule has 4 rings (SSSR count). The van der Waals surface area contributed by atoms with Gasteiger partial charge in [-0.05, 0) is 54.6 Å². The van der Waals surface area contributed by atoms with Gasteiger partial charge in [0.1, 0.15) is 0 Å². The lowest BCUT2D eigenvalue weighted by molar-refractivity contribution is -0.387. The Kier molecular flexibility index (Phi) is 4.30. The molecule has 0 unspecified atom stereocenters. The number of aromatic nitrogens is 2. The number of nitrogens with zero attached hydrogens (tertiary/aromatic N) is 3. The zero-order chi connectivity index (χ0) is 17.4. The highest BCUT2D eigenvalue weighted by Crippen LogP contribution is 2.39. The molecule has 1 atom stereocenters. The third-order valence-corrected chi connectivity index (χ3v) is 6.34. The number of nitro groups is 1. The van der Waals surface area contributed by atoms with Crippen LogP contribution < -0.4 is 0 Å². The molecule has 25 heavy (non-hydrogen) atoms. The predicted octanol–water partition coefficient (Wildman–Crippen LogP) is 4.98. The van der Waals surface area contributed by atoms with E-state index in [4.69, 9.17) is 4.42 Å². The lowest BCUT2D eigenvalue weighted by Gasteiger charge is -2.16. The molecule has 0 saturated carbocycles. The van der Waals surface area contributed by atoms with Crippen LogP contribution in [-0.2, 0) is 12.8 Å². The van der Waals surface area contributed by atoms with Gasteiger partial charge >= 0.3 is 0 Å². The lowest BCUT2D eigenvalue weighted by atomic mass is 9.90. The molecule has 2 heterocycles. The zero-order valence-corrected chi connectivity index (χ0v) is 15.1. The maximum Gasteiger partial charge on any atom is 0.283 e. The SMILES string of the molecule is C[C@H]1CCc2sc(-c3nnc(Sc4ccccc4[N+](=O)[O-])o3)cc2C1. The van der Waals surface area contributed by atoms with Gasteiger partial charge in [-0.2, -0.15) is 0 Å². The molecule has 128 valence electrons. The number of rotatable bonds is 4. The Labute approximate surface area is 152 Å². The number of thiophene rings is 1. The van der Waals surface area contributed by atoms with Crippen molar-refractivity contribution in [3.8, 4) is 10.8 Å². The molecule has 2 aromatic heterocycles. The highest BCUT2D eigenvalue weighted by Gasteiger charge is 2.22. The lowest BCUT2D eigenvalue weighted by Crippen LogP contribution is -2.07. The van der Waals surface area contributed by atoms with Crippen LogP contribution in [-0.4, -0.2) is 15.1 Å². The van der Waals surface area contributed by atoms with Crippen LogP contribution in [0, 0.1) is 16.0 Å². The second-order valence-electron chi connectivity index (χ2n) is 6.11. The van der Waals surface area contributed by atoms with Gasteiger partial charge in [-0.25, -0.2) is 0 Å². The first-order chi connectivity index (χ1) is 12.1. The Bertz CT molecular complexity index is 935. The highest BCUT2D eigenvalue weighted by molar-refractivity contribution is 7.99. The van der Waals surface area contributed by atoms with Crippen molar-refractivity contribution in [3.63, 3.8) is 0 Å². The number of para-hydroxylation sites is 1. The minimum atomic E-state index is -0.409. The summed E-state index contributed by atoms with van der Waals surface area (Å²) in [5.41, 5.74) is 1.41. The Balaban J connectivity index is 1.58. The van der Waals surface area contributed by atoms with Gasteiger partial charge in [0.15, 0.2) is 0 Å². The van der Waals surface area contributed by atoms with Crippen molar-refractivity contribution in [1.29, 1.82) is 0 Å². The Hall–Kier alpha value is -2.19. The smallest absolute Gasteiger partial charge is 0.283 e. The van der Waals surface area contributed by atoms with Crippen LogP contribution in [0.15, 0.2) is 44.9 Å². The summed E-state index contributed by atoms with van der Waals surface area (Å²) >= 11 is 2.82. The third-order valence-electron chi connectivity index (χ3n) is 4.21. The first-order valence-corrected chi connectivity index (χ1v) is 9.60. The summed E-state index contributed by atoms with van der Waals surface area (Å²) in [6.07, 6.45) is 3.42. The molecule has 0 saturated heterocycles. The fraction of sp³-hybridized carbons (Fsp3) is 0.294. The van der Waals surface area contributed by atoms with Crippen LogP contribution in [0.3, 0.4) is 0 Å². The number of nitro benzene ring substituents is 1. The quantitative estimate of drug-likeness (QED) is 0.474. The molecule has 0 radical (unpaired) electrons. The summed E-state index contributed by atoms with van der Waals surface area (Å²) in [5.74, 6) is 1.19. The molecular weight excluding hydrogens is 358 g/mol. The predicted molar refractivity (Wildman–Crippen MR) is 96.0 cm³/mol. The van der Waals surface area contributed by atoms with Gasteiger partial charge in [-0.3, -0.25) is 10.1 Å². The molecule has 0 bridgehead atoms. The summed E-state index contributed by atoms with van der Waals surface area (Å²) in [7, 11) is 0. The maximum absolute atomic E-state index is 11.1. The molecule has 1 aliphatic carbocycles. The van der Waals surface area contributed by atoms with Gasteiger partial charge < -0.3 is 4.42 Å². The molecule has 0 N–H and O–H groups in total. The molecular formula is C17H15N3O3S2. The first kappa shape index (κ1) is 16.3. The number of benzene rings is 1. The van der Waals surface area contributed by atoms with Crippen molar-refractivity contribution in [2.75, 3.05) is 0 Å². The highest BCUT2D eigenvalue weighted by atomic mass is 32.2. The van der Waals surface area contributed by atoms with Crippen LogP contribution in [0.5, 0.6) is 0 Å². The van der Waals surface area contributed by atoms with Crippen molar-refractivity contribution in [1.82, 2.24) is 10.2 Å². The maximum atomic E-state index is 11.1. The second kappa shape index (κ2) is 6.61. The molecule has 8 heteroatoms. The molecule has 0 amide bonds. The minimum absolute atomic E-state index is 0.0350.